The summed E-state index contributed by atoms with van der Waals surface area (Å²) in [5, 5.41) is 3.26. The number of hydrogen-bond donors (Lipinski definition) is 1. The Morgan fingerprint density at radius 3 is 2.69 bits per heavy atom. The zero-order chi connectivity index (χ0) is 22.5. The zero-order valence-corrected chi connectivity index (χ0v) is 17.9. The number of ether oxygens (including phenoxy) is 1. The number of carbonyl (C=O) groups is 2. The molecule has 1 unspecified atom stereocenters. The first-order valence-electron chi connectivity index (χ1n) is 10.2. The van der Waals surface area contributed by atoms with Gasteiger partial charge in [-0.1, -0.05) is 42.5 Å². The van der Waals surface area contributed by atoms with Crippen molar-refractivity contribution < 1.29 is 23.1 Å². The molecular weight excluding hydrogens is 436 g/mol. The molecule has 2 heterocycles. The zero-order valence-electron chi connectivity index (χ0n) is 17.0. The molecule has 166 valence electrons. The highest BCUT2D eigenvalue weighted by atomic mass is 32.1. The van der Waals surface area contributed by atoms with Crippen molar-refractivity contribution in [3.63, 3.8) is 0 Å². The average Bonchev–Trinajstić information content (AvgIpc) is 3.44. The van der Waals surface area contributed by atoms with Crippen molar-refractivity contribution in [3.8, 4) is 5.75 Å². The summed E-state index contributed by atoms with van der Waals surface area (Å²) in [4.78, 5) is 32.6. The maximum Gasteiger partial charge on any atom is 0.387 e. The van der Waals surface area contributed by atoms with Gasteiger partial charge in [-0.3, -0.25) is 9.59 Å². The van der Waals surface area contributed by atoms with Gasteiger partial charge in [0.25, 0.3) is 5.91 Å². The van der Waals surface area contributed by atoms with Crippen molar-refractivity contribution >= 4 is 28.3 Å². The first kappa shape index (κ1) is 21.9. The van der Waals surface area contributed by atoms with E-state index in [9.17, 15) is 18.4 Å². The number of benzene rings is 2. The number of anilines is 1. The van der Waals surface area contributed by atoms with Crippen LogP contribution in [0.5, 0.6) is 5.75 Å². The third-order valence-electron chi connectivity index (χ3n) is 5.15. The Labute approximate surface area is 187 Å². The highest BCUT2D eigenvalue weighted by molar-refractivity contribution is 7.15. The SMILES string of the molecule is O=C(Nc1ncc(Cc2ccccc2)s1)C1CCCN1C(=O)c1ccccc1OC(F)F. The summed E-state index contributed by atoms with van der Waals surface area (Å²) in [7, 11) is 0. The normalized spacial score (nSPS) is 15.7. The molecule has 2 aromatic carbocycles. The van der Waals surface area contributed by atoms with Gasteiger partial charge in [0.1, 0.15) is 11.8 Å². The minimum absolute atomic E-state index is 0.00639. The van der Waals surface area contributed by atoms with E-state index in [1.165, 1.54) is 34.4 Å². The summed E-state index contributed by atoms with van der Waals surface area (Å²) in [6, 6.07) is 15.0. The molecule has 1 fully saturated rings. The maximum absolute atomic E-state index is 13.0. The molecule has 1 aliphatic rings. The number of hydrogen-bond acceptors (Lipinski definition) is 5. The van der Waals surface area contributed by atoms with E-state index in [2.05, 4.69) is 15.0 Å². The van der Waals surface area contributed by atoms with E-state index in [0.29, 0.717) is 30.9 Å². The second-order valence-corrected chi connectivity index (χ2v) is 8.43. The number of carbonyl (C=O) groups excluding carboxylic acids is 2. The fourth-order valence-electron chi connectivity index (χ4n) is 3.71. The fraction of sp³-hybridized carbons (Fsp3) is 0.261. The number of thiazole rings is 1. The molecule has 1 aromatic heterocycles. The van der Waals surface area contributed by atoms with Gasteiger partial charge >= 0.3 is 6.61 Å². The van der Waals surface area contributed by atoms with Crippen molar-refractivity contribution in [1.82, 2.24) is 9.88 Å². The van der Waals surface area contributed by atoms with Gasteiger partial charge in [-0.2, -0.15) is 8.78 Å². The first-order valence-corrected chi connectivity index (χ1v) is 11.0. The van der Waals surface area contributed by atoms with E-state index in [1.54, 1.807) is 12.3 Å². The predicted octanol–water partition coefficient (Wildman–Crippen LogP) is 4.58. The number of likely N-dealkylation sites (tertiary alicyclic amines) is 1. The quantitative estimate of drug-likeness (QED) is 0.564. The van der Waals surface area contributed by atoms with Crippen molar-refractivity contribution in [2.24, 2.45) is 0 Å². The molecule has 0 spiro atoms. The van der Waals surface area contributed by atoms with Gasteiger partial charge in [0.15, 0.2) is 5.13 Å². The van der Waals surface area contributed by atoms with Gasteiger partial charge < -0.3 is 15.0 Å². The Bertz CT molecular complexity index is 1090. The van der Waals surface area contributed by atoms with Gasteiger partial charge in [-0.25, -0.2) is 4.98 Å². The molecule has 1 saturated heterocycles. The van der Waals surface area contributed by atoms with Crippen molar-refractivity contribution in [3.05, 3.63) is 76.8 Å². The monoisotopic (exact) mass is 457 g/mol. The summed E-state index contributed by atoms with van der Waals surface area (Å²) in [6.45, 7) is -2.69. The van der Waals surface area contributed by atoms with Crippen LogP contribution in [0.1, 0.15) is 33.6 Å². The molecule has 32 heavy (non-hydrogen) atoms. The van der Waals surface area contributed by atoms with Gasteiger partial charge in [-0.15, -0.1) is 11.3 Å². The Morgan fingerprint density at radius 1 is 1.16 bits per heavy atom. The third-order valence-corrected chi connectivity index (χ3v) is 6.07. The van der Waals surface area contributed by atoms with Crippen LogP contribution in [0.2, 0.25) is 0 Å². The van der Waals surface area contributed by atoms with Crippen LogP contribution in [0.4, 0.5) is 13.9 Å². The lowest BCUT2D eigenvalue weighted by atomic mass is 10.1. The number of rotatable bonds is 7. The first-order chi connectivity index (χ1) is 15.5. The number of halogens is 2. The van der Waals surface area contributed by atoms with E-state index in [4.69, 9.17) is 0 Å². The van der Waals surface area contributed by atoms with Gasteiger partial charge in [0.05, 0.1) is 5.56 Å². The molecule has 2 amide bonds. The number of nitrogens with one attached hydrogen (secondary N) is 1. The highest BCUT2D eigenvalue weighted by Gasteiger charge is 2.36. The van der Waals surface area contributed by atoms with Crippen molar-refractivity contribution in [1.29, 1.82) is 0 Å². The molecule has 3 aromatic rings. The largest absolute Gasteiger partial charge is 0.434 e. The number of alkyl halides is 2. The molecule has 9 heteroatoms. The molecule has 0 saturated carbocycles. The molecule has 4 rings (SSSR count). The summed E-state index contributed by atoms with van der Waals surface area (Å²) in [5.74, 6) is -1.06. The lowest BCUT2D eigenvalue weighted by molar-refractivity contribution is -0.119. The molecule has 6 nitrogen and oxygen atoms in total. The molecule has 1 N–H and O–H groups in total. The average molecular weight is 458 g/mol. The van der Waals surface area contributed by atoms with Crippen LogP contribution in [0.25, 0.3) is 0 Å². The van der Waals surface area contributed by atoms with Gasteiger partial charge in [0, 0.05) is 24.0 Å². The summed E-state index contributed by atoms with van der Waals surface area (Å²) in [6.07, 6.45) is 3.56. The lowest BCUT2D eigenvalue weighted by Gasteiger charge is -2.24. The van der Waals surface area contributed by atoms with E-state index < -0.39 is 18.6 Å². The van der Waals surface area contributed by atoms with E-state index in [1.807, 2.05) is 30.3 Å². The van der Waals surface area contributed by atoms with Crippen LogP contribution >= 0.6 is 11.3 Å². The van der Waals surface area contributed by atoms with Crippen LogP contribution in [0.3, 0.4) is 0 Å². The van der Waals surface area contributed by atoms with Crippen LogP contribution in [-0.2, 0) is 11.2 Å². The van der Waals surface area contributed by atoms with E-state index in [0.717, 1.165) is 10.4 Å². The molecule has 0 bridgehead atoms. The number of nitrogens with zero attached hydrogens (tertiary/aromatic N) is 2. The molecule has 0 radical (unpaired) electrons. The summed E-state index contributed by atoms with van der Waals surface area (Å²) < 4.78 is 29.9. The second-order valence-electron chi connectivity index (χ2n) is 7.31. The highest BCUT2D eigenvalue weighted by Crippen LogP contribution is 2.28. The van der Waals surface area contributed by atoms with Crippen LogP contribution in [0.15, 0.2) is 60.8 Å². The topological polar surface area (TPSA) is 71.5 Å². The van der Waals surface area contributed by atoms with Crippen molar-refractivity contribution in [2.75, 3.05) is 11.9 Å². The Balaban J connectivity index is 1.44. The van der Waals surface area contributed by atoms with Crippen LogP contribution < -0.4 is 10.1 Å². The second kappa shape index (κ2) is 9.86. The minimum Gasteiger partial charge on any atom is -0.434 e. The number of aromatic nitrogens is 1. The third kappa shape index (κ3) is 5.11. The molecular formula is C23H21F2N3O3S. The Hall–Kier alpha value is -3.33. The minimum atomic E-state index is -3.04. The Morgan fingerprint density at radius 2 is 1.91 bits per heavy atom. The van der Waals surface area contributed by atoms with Crippen LogP contribution in [0, 0.1) is 0 Å². The fourth-order valence-corrected chi connectivity index (χ4v) is 4.56. The molecule has 1 atom stereocenters. The van der Waals surface area contributed by atoms with Gasteiger partial charge in [-0.05, 0) is 30.5 Å². The lowest BCUT2D eigenvalue weighted by Crippen LogP contribution is -2.43. The van der Waals surface area contributed by atoms with Crippen molar-refractivity contribution in [2.45, 2.75) is 31.9 Å². The summed E-state index contributed by atoms with van der Waals surface area (Å²) in [5.41, 5.74) is 1.15. The maximum atomic E-state index is 13.0. The number of para-hydroxylation sites is 1. The summed E-state index contributed by atoms with van der Waals surface area (Å²) >= 11 is 1.38. The van der Waals surface area contributed by atoms with Crippen LogP contribution in [-0.4, -0.2) is 40.9 Å². The standard InChI is InChI=1S/C23H21F2N3O3S/c24-22(25)31-19-11-5-4-9-17(19)21(30)28-12-6-10-18(28)20(29)27-23-26-14-16(32-23)13-15-7-2-1-3-8-15/h1-5,7-9,11,14,18,22H,6,10,12-13H2,(H,26,27,29). The van der Waals surface area contributed by atoms with Gasteiger partial charge in [0.2, 0.25) is 5.91 Å². The predicted molar refractivity (Wildman–Crippen MR) is 117 cm³/mol. The van der Waals surface area contributed by atoms with E-state index >= 15 is 0 Å². The molecule has 1 aliphatic heterocycles. The Kier molecular flexibility index (Phi) is 6.75. The number of amides is 2. The van der Waals surface area contributed by atoms with E-state index in [-0.39, 0.29) is 17.2 Å². The molecule has 0 aliphatic carbocycles. The smallest absolute Gasteiger partial charge is 0.387 e.